The van der Waals surface area contributed by atoms with Crippen molar-refractivity contribution in [1.82, 2.24) is 9.88 Å². The number of piperidine rings is 1. The molecule has 0 amide bonds. The first-order valence-electron chi connectivity index (χ1n) is 7.53. The maximum Gasteiger partial charge on any atom is 0.422 e. The molecular formula is C15H21F3N4O. The van der Waals surface area contributed by atoms with Crippen molar-refractivity contribution in [1.29, 1.82) is 0 Å². The molecule has 0 saturated carbocycles. The van der Waals surface area contributed by atoms with Gasteiger partial charge in [0.2, 0.25) is 5.88 Å². The summed E-state index contributed by atoms with van der Waals surface area (Å²) < 4.78 is 40.7. The largest absolute Gasteiger partial charge is 0.468 e. The molecule has 1 aliphatic rings. The quantitative estimate of drug-likeness (QED) is 0.681. The van der Waals surface area contributed by atoms with Crippen molar-refractivity contribution < 1.29 is 17.9 Å². The zero-order valence-electron chi connectivity index (χ0n) is 13.0. The maximum atomic E-state index is 12.0. The Hall–Kier alpha value is -1.99. The zero-order valence-corrected chi connectivity index (χ0v) is 13.0. The molecule has 0 spiro atoms. The minimum atomic E-state index is -4.37. The summed E-state index contributed by atoms with van der Waals surface area (Å²) in [4.78, 5) is 10.2. The first kappa shape index (κ1) is 17.4. The van der Waals surface area contributed by atoms with E-state index in [-0.39, 0.29) is 5.88 Å². The molecule has 1 aromatic heterocycles. The van der Waals surface area contributed by atoms with E-state index in [1.807, 2.05) is 4.90 Å². The third kappa shape index (κ3) is 5.96. The Kier molecular flexibility index (Phi) is 5.68. The molecule has 0 aromatic carbocycles. The van der Waals surface area contributed by atoms with E-state index in [0.29, 0.717) is 18.4 Å². The topological polar surface area (TPSA) is 63.7 Å². The van der Waals surface area contributed by atoms with Gasteiger partial charge in [0.25, 0.3) is 0 Å². The number of aliphatic imine (C=N–C) groups is 1. The lowest BCUT2D eigenvalue weighted by Crippen LogP contribution is -2.42. The Morgan fingerprint density at radius 3 is 2.65 bits per heavy atom. The van der Waals surface area contributed by atoms with Crippen molar-refractivity contribution in [3.63, 3.8) is 0 Å². The molecule has 128 valence electrons. The predicted octanol–water partition coefficient (Wildman–Crippen LogP) is 2.57. The van der Waals surface area contributed by atoms with E-state index < -0.39 is 12.8 Å². The van der Waals surface area contributed by atoms with Gasteiger partial charge in [-0.15, -0.1) is 0 Å². The number of rotatable bonds is 4. The predicted molar refractivity (Wildman–Crippen MR) is 81.1 cm³/mol. The van der Waals surface area contributed by atoms with Crippen molar-refractivity contribution in [3.8, 4) is 5.88 Å². The normalized spacial score (nSPS) is 17.4. The van der Waals surface area contributed by atoms with Crippen LogP contribution in [-0.4, -0.2) is 41.7 Å². The number of nitrogens with zero attached hydrogens (tertiary/aromatic N) is 3. The summed E-state index contributed by atoms with van der Waals surface area (Å²) in [6.45, 7) is 3.01. The molecule has 2 N–H and O–H groups in total. The van der Waals surface area contributed by atoms with Crippen molar-refractivity contribution >= 4 is 5.96 Å². The van der Waals surface area contributed by atoms with Crippen LogP contribution in [0, 0.1) is 5.92 Å². The number of nitrogens with two attached hydrogens (primary N) is 1. The van der Waals surface area contributed by atoms with Gasteiger partial charge < -0.3 is 15.4 Å². The van der Waals surface area contributed by atoms with Gasteiger partial charge in [-0.3, -0.25) is 0 Å². The minimum Gasteiger partial charge on any atom is -0.468 e. The number of ether oxygens (including phenoxy) is 1. The minimum absolute atomic E-state index is 0.0620. The van der Waals surface area contributed by atoms with Gasteiger partial charge in [0, 0.05) is 25.4 Å². The standard InChI is InChI=1S/C15H21F3N4O/c1-11-4-6-22(7-5-11)14(19)21-9-12-2-3-13(20-8-12)23-10-15(16,17)18/h2-3,8,11H,4-7,9-10H2,1H3,(H2,19,21). The summed E-state index contributed by atoms with van der Waals surface area (Å²) in [5, 5.41) is 0. The first-order valence-corrected chi connectivity index (χ1v) is 7.53. The van der Waals surface area contributed by atoms with Crippen LogP contribution in [0.4, 0.5) is 13.2 Å². The van der Waals surface area contributed by atoms with Crippen molar-refractivity contribution in [2.75, 3.05) is 19.7 Å². The number of pyridine rings is 1. The number of halogens is 3. The second kappa shape index (κ2) is 7.52. The molecule has 1 aromatic rings. The fourth-order valence-electron chi connectivity index (χ4n) is 2.26. The van der Waals surface area contributed by atoms with Crippen LogP contribution in [0.2, 0.25) is 0 Å². The Morgan fingerprint density at radius 1 is 1.39 bits per heavy atom. The molecule has 23 heavy (non-hydrogen) atoms. The van der Waals surface area contributed by atoms with Crippen LogP contribution < -0.4 is 10.5 Å². The smallest absolute Gasteiger partial charge is 0.422 e. The zero-order chi connectivity index (χ0) is 16.9. The molecular weight excluding hydrogens is 309 g/mol. The highest BCUT2D eigenvalue weighted by Crippen LogP contribution is 2.18. The van der Waals surface area contributed by atoms with Crippen LogP contribution >= 0.6 is 0 Å². The summed E-state index contributed by atoms with van der Waals surface area (Å²) >= 11 is 0. The number of hydrogen-bond donors (Lipinski definition) is 1. The van der Waals surface area contributed by atoms with Crippen molar-refractivity contribution in [3.05, 3.63) is 23.9 Å². The van der Waals surface area contributed by atoms with Gasteiger partial charge in [-0.25, -0.2) is 9.98 Å². The van der Waals surface area contributed by atoms with Crippen LogP contribution in [0.1, 0.15) is 25.3 Å². The lowest BCUT2D eigenvalue weighted by molar-refractivity contribution is -0.154. The Labute approximate surface area is 133 Å². The monoisotopic (exact) mass is 330 g/mol. The molecule has 8 heteroatoms. The molecule has 5 nitrogen and oxygen atoms in total. The van der Waals surface area contributed by atoms with Crippen LogP contribution in [0.25, 0.3) is 0 Å². The average Bonchev–Trinajstić information content (AvgIpc) is 2.51. The fourth-order valence-corrected chi connectivity index (χ4v) is 2.26. The van der Waals surface area contributed by atoms with E-state index in [0.717, 1.165) is 31.5 Å². The molecule has 0 atom stereocenters. The summed E-state index contributed by atoms with van der Waals surface area (Å²) in [6, 6.07) is 3.03. The van der Waals surface area contributed by atoms with Crippen LogP contribution in [0.3, 0.4) is 0 Å². The van der Waals surface area contributed by atoms with E-state index in [2.05, 4.69) is 21.6 Å². The Morgan fingerprint density at radius 2 is 2.09 bits per heavy atom. The Bertz CT molecular complexity index is 523. The maximum absolute atomic E-state index is 12.0. The summed E-state index contributed by atoms with van der Waals surface area (Å²) in [5.74, 6) is 1.15. The highest BCUT2D eigenvalue weighted by atomic mass is 19.4. The average molecular weight is 330 g/mol. The van der Waals surface area contributed by atoms with Gasteiger partial charge in [-0.05, 0) is 24.3 Å². The lowest BCUT2D eigenvalue weighted by atomic mass is 10.00. The third-order valence-electron chi connectivity index (χ3n) is 3.71. The third-order valence-corrected chi connectivity index (χ3v) is 3.71. The molecule has 2 heterocycles. The molecule has 0 radical (unpaired) electrons. The van der Waals surface area contributed by atoms with Crippen molar-refractivity contribution in [2.45, 2.75) is 32.5 Å². The van der Waals surface area contributed by atoms with E-state index in [4.69, 9.17) is 5.73 Å². The molecule has 2 rings (SSSR count). The van der Waals surface area contributed by atoms with Gasteiger partial charge in [-0.1, -0.05) is 13.0 Å². The van der Waals surface area contributed by atoms with Gasteiger partial charge in [0.05, 0.1) is 6.54 Å². The summed E-state index contributed by atoms with van der Waals surface area (Å²) in [7, 11) is 0. The second-order valence-corrected chi connectivity index (χ2v) is 5.75. The second-order valence-electron chi connectivity index (χ2n) is 5.75. The summed E-state index contributed by atoms with van der Waals surface area (Å²) in [5.41, 5.74) is 6.73. The van der Waals surface area contributed by atoms with E-state index in [1.54, 1.807) is 6.07 Å². The molecule has 1 fully saturated rings. The van der Waals surface area contributed by atoms with Crippen LogP contribution in [0.5, 0.6) is 5.88 Å². The van der Waals surface area contributed by atoms with Gasteiger partial charge in [0.1, 0.15) is 0 Å². The number of alkyl halides is 3. The molecule has 1 saturated heterocycles. The molecule has 1 aliphatic heterocycles. The highest BCUT2D eigenvalue weighted by molar-refractivity contribution is 5.78. The Balaban J connectivity index is 1.84. The number of likely N-dealkylation sites (tertiary alicyclic amines) is 1. The SMILES string of the molecule is CC1CCN(C(N)=NCc2ccc(OCC(F)(F)F)nc2)CC1. The first-order chi connectivity index (χ1) is 10.8. The number of guanidine groups is 1. The molecule has 0 aliphatic carbocycles. The number of hydrogen-bond acceptors (Lipinski definition) is 3. The van der Waals surface area contributed by atoms with Crippen molar-refractivity contribution in [2.24, 2.45) is 16.6 Å². The fraction of sp³-hybridized carbons (Fsp3) is 0.600. The van der Waals surface area contributed by atoms with E-state index in [1.165, 1.54) is 12.3 Å². The number of aromatic nitrogens is 1. The van der Waals surface area contributed by atoms with Crippen LogP contribution in [-0.2, 0) is 6.54 Å². The van der Waals surface area contributed by atoms with E-state index in [9.17, 15) is 13.2 Å². The summed E-state index contributed by atoms with van der Waals surface area (Å²) in [6.07, 6.45) is -0.724. The highest BCUT2D eigenvalue weighted by Gasteiger charge is 2.28. The molecule has 0 bridgehead atoms. The molecule has 0 unspecified atom stereocenters. The lowest BCUT2D eigenvalue weighted by Gasteiger charge is -2.31. The van der Waals surface area contributed by atoms with E-state index >= 15 is 0 Å². The van der Waals surface area contributed by atoms with Crippen LogP contribution in [0.15, 0.2) is 23.3 Å². The van der Waals surface area contributed by atoms with Gasteiger partial charge in [0.15, 0.2) is 12.6 Å². The van der Waals surface area contributed by atoms with Gasteiger partial charge in [-0.2, -0.15) is 13.2 Å². The van der Waals surface area contributed by atoms with Gasteiger partial charge >= 0.3 is 6.18 Å².